The molecule has 0 radical (unpaired) electrons. The standard InChI is InChI=1S/C51H29N3O2/c1-2-13-32(14-3-1)49-52-50(34-25-24-31-23-22-30-12-4-6-16-36(30)40(31)27-34)54-51(53-49)42-28-35(29-45-46(42)38-18-8-10-20-43(38)55-45)41-26-33-15-5-7-17-37(33)48-47(41)39-19-9-11-21-44(39)56-48/h1-29H. The van der Waals surface area contributed by atoms with Crippen LogP contribution in [0.2, 0.25) is 0 Å². The van der Waals surface area contributed by atoms with E-state index in [1.54, 1.807) is 0 Å². The quantitative estimate of drug-likeness (QED) is 0.170. The summed E-state index contributed by atoms with van der Waals surface area (Å²) in [5.74, 6) is 1.77. The van der Waals surface area contributed by atoms with Gasteiger partial charge in [0.1, 0.15) is 22.3 Å². The van der Waals surface area contributed by atoms with Crippen LogP contribution in [0.25, 0.3) is 121 Å². The van der Waals surface area contributed by atoms with Crippen LogP contribution in [0.3, 0.4) is 0 Å². The molecule has 0 N–H and O–H groups in total. The zero-order valence-corrected chi connectivity index (χ0v) is 29.9. The number of nitrogens with zero attached hydrogens (tertiary/aromatic N) is 3. The van der Waals surface area contributed by atoms with Gasteiger partial charge >= 0.3 is 0 Å². The summed E-state index contributed by atoms with van der Waals surface area (Å²) in [5.41, 5.74) is 8.00. The van der Waals surface area contributed by atoms with Crippen molar-refractivity contribution in [3.05, 3.63) is 176 Å². The molecule has 12 rings (SSSR count). The second-order valence-corrected chi connectivity index (χ2v) is 14.3. The van der Waals surface area contributed by atoms with Crippen molar-refractivity contribution in [1.82, 2.24) is 15.0 Å². The molecule has 0 fully saturated rings. The second-order valence-electron chi connectivity index (χ2n) is 14.3. The molecule has 0 aliphatic rings. The zero-order valence-electron chi connectivity index (χ0n) is 29.9. The van der Waals surface area contributed by atoms with Gasteiger partial charge in [-0.2, -0.15) is 0 Å². The van der Waals surface area contributed by atoms with Gasteiger partial charge in [0.25, 0.3) is 0 Å². The fourth-order valence-electron chi connectivity index (χ4n) is 8.46. The molecular formula is C51H29N3O2. The van der Waals surface area contributed by atoms with Gasteiger partial charge in [0.15, 0.2) is 17.5 Å². The number of fused-ring (bicyclic) bond motifs is 11. The largest absolute Gasteiger partial charge is 0.456 e. The molecule has 0 saturated heterocycles. The highest BCUT2D eigenvalue weighted by atomic mass is 16.3. The van der Waals surface area contributed by atoms with Crippen LogP contribution in [0.4, 0.5) is 0 Å². The average molecular weight is 716 g/mol. The van der Waals surface area contributed by atoms with Crippen molar-refractivity contribution in [3.63, 3.8) is 0 Å². The SMILES string of the molecule is c1ccc(-c2nc(-c3ccc4ccc5ccccc5c4c3)nc(-c3cc(-c4cc5ccccc5c5oc6ccccc6c45)cc4oc5ccccc5c34)n2)cc1. The number of hydrogen-bond donors (Lipinski definition) is 0. The number of furan rings is 2. The number of benzene rings is 9. The van der Waals surface area contributed by atoms with Crippen LogP contribution in [0.1, 0.15) is 0 Å². The van der Waals surface area contributed by atoms with E-state index in [2.05, 4.69) is 115 Å². The topological polar surface area (TPSA) is 65.0 Å². The summed E-state index contributed by atoms with van der Waals surface area (Å²) < 4.78 is 13.3. The molecule has 3 heterocycles. The summed E-state index contributed by atoms with van der Waals surface area (Å²) in [5, 5.41) is 11.0. The maximum absolute atomic E-state index is 6.67. The van der Waals surface area contributed by atoms with Gasteiger partial charge in [0.05, 0.1) is 0 Å². The molecule has 0 aliphatic carbocycles. The molecule has 9 aromatic carbocycles. The first-order valence-corrected chi connectivity index (χ1v) is 18.8. The summed E-state index contributed by atoms with van der Waals surface area (Å²) in [6, 6.07) is 60.9. The van der Waals surface area contributed by atoms with Crippen LogP contribution in [0.5, 0.6) is 0 Å². The normalized spacial score (nSPS) is 11.9. The molecule has 5 heteroatoms. The minimum absolute atomic E-state index is 0.569. The Morgan fingerprint density at radius 2 is 0.893 bits per heavy atom. The molecule has 260 valence electrons. The molecular weight excluding hydrogens is 687 g/mol. The Bertz CT molecular complexity index is 3550. The predicted molar refractivity (Wildman–Crippen MR) is 229 cm³/mol. The molecule has 56 heavy (non-hydrogen) atoms. The lowest BCUT2D eigenvalue weighted by Gasteiger charge is -2.13. The smallest absolute Gasteiger partial charge is 0.164 e. The van der Waals surface area contributed by atoms with Gasteiger partial charge in [0.2, 0.25) is 0 Å². The Hall–Kier alpha value is -7.63. The summed E-state index contributed by atoms with van der Waals surface area (Å²) in [7, 11) is 0. The van der Waals surface area contributed by atoms with E-state index in [1.807, 2.05) is 60.7 Å². The first-order chi connectivity index (χ1) is 27.7. The molecule has 0 saturated carbocycles. The van der Waals surface area contributed by atoms with Gasteiger partial charge < -0.3 is 8.83 Å². The van der Waals surface area contributed by atoms with Gasteiger partial charge in [0, 0.05) is 43.6 Å². The number of para-hydroxylation sites is 2. The van der Waals surface area contributed by atoms with Crippen LogP contribution >= 0.6 is 0 Å². The van der Waals surface area contributed by atoms with E-state index in [-0.39, 0.29) is 0 Å². The van der Waals surface area contributed by atoms with Crippen molar-refractivity contribution in [2.75, 3.05) is 0 Å². The van der Waals surface area contributed by atoms with Crippen molar-refractivity contribution >= 4 is 76.2 Å². The monoisotopic (exact) mass is 715 g/mol. The van der Waals surface area contributed by atoms with E-state index in [0.717, 1.165) is 93.2 Å². The second kappa shape index (κ2) is 11.9. The number of rotatable bonds is 4. The molecule has 0 bridgehead atoms. The number of aromatic nitrogens is 3. The number of hydrogen-bond acceptors (Lipinski definition) is 5. The Kier molecular flexibility index (Phi) is 6.56. The maximum Gasteiger partial charge on any atom is 0.164 e. The van der Waals surface area contributed by atoms with Crippen molar-refractivity contribution < 1.29 is 8.83 Å². The highest BCUT2D eigenvalue weighted by Crippen LogP contribution is 2.45. The van der Waals surface area contributed by atoms with E-state index < -0.39 is 0 Å². The Labute approximate surface area is 320 Å². The lowest BCUT2D eigenvalue weighted by atomic mass is 9.93. The van der Waals surface area contributed by atoms with Crippen molar-refractivity contribution in [2.45, 2.75) is 0 Å². The Morgan fingerprint density at radius 3 is 1.70 bits per heavy atom. The third-order valence-electron chi connectivity index (χ3n) is 11.1. The lowest BCUT2D eigenvalue weighted by Crippen LogP contribution is -2.01. The highest BCUT2D eigenvalue weighted by molar-refractivity contribution is 6.22. The lowest BCUT2D eigenvalue weighted by molar-refractivity contribution is 0.669. The molecule has 3 aromatic heterocycles. The first-order valence-electron chi connectivity index (χ1n) is 18.8. The van der Waals surface area contributed by atoms with Crippen molar-refractivity contribution in [3.8, 4) is 45.3 Å². The molecule has 0 unspecified atom stereocenters. The fraction of sp³-hybridized carbons (Fsp3) is 0. The summed E-state index contributed by atoms with van der Waals surface area (Å²) in [4.78, 5) is 15.7. The Balaban J connectivity index is 1.17. The highest BCUT2D eigenvalue weighted by Gasteiger charge is 2.22. The Morgan fingerprint density at radius 1 is 0.304 bits per heavy atom. The van der Waals surface area contributed by atoms with E-state index in [9.17, 15) is 0 Å². The molecule has 5 nitrogen and oxygen atoms in total. The molecule has 0 spiro atoms. The van der Waals surface area contributed by atoms with E-state index in [0.29, 0.717) is 17.5 Å². The van der Waals surface area contributed by atoms with Crippen LogP contribution in [-0.4, -0.2) is 15.0 Å². The summed E-state index contributed by atoms with van der Waals surface area (Å²) in [6.45, 7) is 0. The van der Waals surface area contributed by atoms with E-state index in [1.165, 1.54) is 10.8 Å². The first kappa shape index (κ1) is 30.8. The van der Waals surface area contributed by atoms with Crippen LogP contribution in [0, 0.1) is 0 Å². The minimum Gasteiger partial charge on any atom is -0.456 e. The molecule has 12 aromatic rings. The van der Waals surface area contributed by atoms with Crippen LogP contribution in [-0.2, 0) is 0 Å². The minimum atomic E-state index is 0.569. The molecule has 0 aliphatic heterocycles. The van der Waals surface area contributed by atoms with Gasteiger partial charge in [-0.3, -0.25) is 0 Å². The summed E-state index contributed by atoms with van der Waals surface area (Å²) >= 11 is 0. The van der Waals surface area contributed by atoms with Crippen molar-refractivity contribution in [2.24, 2.45) is 0 Å². The zero-order chi connectivity index (χ0) is 36.7. The third-order valence-corrected chi connectivity index (χ3v) is 11.1. The van der Waals surface area contributed by atoms with E-state index in [4.69, 9.17) is 23.8 Å². The van der Waals surface area contributed by atoms with Gasteiger partial charge in [-0.25, -0.2) is 15.0 Å². The van der Waals surface area contributed by atoms with Gasteiger partial charge in [-0.15, -0.1) is 0 Å². The van der Waals surface area contributed by atoms with Gasteiger partial charge in [-0.05, 0) is 74.5 Å². The molecule has 0 amide bonds. The third kappa shape index (κ3) is 4.71. The van der Waals surface area contributed by atoms with Crippen LogP contribution < -0.4 is 0 Å². The fourth-order valence-corrected chi connectivity index (χ4v) is 8.46. The maximum atomic E-state index is 6.67. The van der Waals surface area contributed by atoms with Gasteiger partial charge in [-0.1, -0.05) is 140 Å². The van der Waals surface area contributed by atoms with Crippen LogP contribution in [0.15, 0.2) is 185 Å². The average Bonchev–Trinajstić information content (AvgIpc) is 3.85. The van der Waals surface area contributed by atoms with E-state index >= 15 is 0 Å². The predicted octanol–water partition coefficient (Wildman–Crippen LogP) is 13.8. The molecule has 0 atom stereocenters. The van der Waals surface area contributed by atoms with Crippen molar-refractivity contribution in [1.29, 1.82) is 0 Å². The summed E-state index contributed by atoms with van der Waals surface area (Å²) in [6.07, 6.45) is 0.